The summed E-state index contributed by atoms with van der Waals surface area (Å²) in [5.74, 6) is 0.653. The number of aromatic hydroxyl groups is 1. The van der Waals surface area contributed by atoms with Gasteiger partial charge in [0.05, 0.1) is 5.56 Å². The zero-order valence-corrected chi connectivity index (χ0v) is 11.9. The molecule has 1 saturated carbocycles. The number of carbonyl (C=O) groups is 1. The standard InChI is InChI=1S/C16H23NO2/c1-17(2)16(19)15-13(9-6-10-14(15)18)11-12-7-4-3-5-8-12/h6,9-10,12,18H,3-5,7-8,11H2,1-2H3. The molecule has 0 atom stereocenters. The smallest absolute Gasteiger partial charge is 0.257 e. The Labute approximate surface area is 115 Å². The van der Waals surface area contributed by atoms with E-state index in [-0.39, 0.29) is 11.7 Å². The van der Waals surface area contributed by atoms with Gasteiger partial charge in [0.25, 0.3) is 5.91 Å². The lowest BCUT2D eigenvalue weighted by Crippen LogP contribution is -2.24. The first kappa shape index (κ1) is 13.9. The largest absolute Gasteiger partial charge is 0.507 e. The Morgan fingerprint density at radius 2 is 1.95 bits per heavy atom. The van der Waals surface area contributed by atoms with Crippen LogP contribution in [0.4, 0.5) is 0 Å². The van der Waals surface area contributed by atoms with E-state index in [0.717, 1.165) is 12.0 Å². The molecule has 3 nitrogen and oxygen atoms in total. The molecule has 1 N–H and O–H groups in total. The van der Waals surface area contributed by atoms with E-state index in [2.05, 4.69) is 0 Å². The first-order valence-corrected chi connectivity index (χ1v) is 7.12. The van der Waals surface area contributed by atoms with E-state index < -0.39 is 0 Å². The van der Waals surface area contributed by atoms with Crippen molar-refractivity contribution in [1.29, 1.82) is 0 Å². The van der Waals surface area contributed by atoms with Crippen LogP contribution in [0.1, 0.15) is 48.0 Å². The van der Waals surface area contributed by atoms with Crippen LogP contribution in [0.2, 0.25) is 0 Å². The monoisotopic (exact) mass is 261 g/mol. The summed E-state index contributed by atoms with van der Waals surface area (Å²) in [6.45, 7) is 0. The van der Waals surface area contributed by atoms with Crippen molar-refractivity contribution in [3.05, 3.63) is 29.3 Å². The molecule has 0 spiro atoms. The number of phenolic OH excluding ortho intramolecular Hbond substituents is 1. The third-order valence-electron chi connectivity index (χ3n) is 3.98. The van der Waals surface area contributed by atoms with E-state index in [0.29, 0.717) is 11.5 Å². The quantitative estimate of drug-likeness (QED) is 0.907. The maximum absolute atomic E-state index is 12.2. The van der Waals surface area contributed by atoms with E-state index in [9.17, 15) is 9.90 Å². The molecule has 0 aliphatic heterocycles. The molecule has 3 heteroatoms. The highest BCUT2D eigenvalue weighted by Gasteiger charge is 2.21. The van der Waals surface area contributed by atoms with Gasteiger partial charge < -0.3 is 10.0 Å². The molecular formula is C16H23NO2. The lowest BCUT2D eigenvalue weighted by molar-refractivity contribution is 0.0823. The summed E-state index contributed by atoms with van der Waals surface area (Å²) >= 11 is 0. The average molecular weight is 261 g/mol. The summed E-state index contributed by atoms with van der Waals surface area (Å²) in [5, 5.41) is 9.99. The average Bonchev–Trinajstić information content (AvgIpc) is 2.39. The topological polar surface area (TPSA) is 40.5 Å². The molecule has 1 amide bonds. The zero-order valence-electron chi connectivity index (χ0n) is 11.9. The highest BCUT2D eigenvalue weighted by molar-refractivity contribution is 5.98. The fourth-order valence-electron chi connectivity index (χ4n) is 2.93. The van der Waals surface area contributed by atoms with E-state index >= 15 is 0 Å². The van der Waals surface area contributed by atoms with E-state index in [1.807, 2.05) is 12.1 Å². The van der Waals surface area contributed by atoms with Crippen molar-refractivity contribution >= 4 is 5.91 Å². The summed E-state index contributed by atoms with van der Waals surface area (Å²) in [5.41, 5.74) is 1.48. The molecule has 104 valence electrons. The zero-order chi connectivity index (χ0) is 13.8. The summed E-state index contributed by atoms with van der Waals surface area (Å²) in [7, 11) is 3.44. The number of rotatable bonds is 3. The number of phenols is 1. The first-order valence-electron chi connectivity index (χ1n) is 7.12. The van der Waals surface area contributed by atoms with Gasteiger partial charge in [-0.3, -0.25) is 4.79 Å². The van der Waals surface area contributed by atoms with Gasteiger partial charge in [-0.05, 0) is 24.0 Å². The van der Waals surface area contributed by atoms with Gasteiger partial charge in [-0.15, -0.1) is 0 Å². The number of hydrogen-bond donors (Lipinski definition) is 1. The minimum atomic E-state index is -0.107. The summed E-state index contributed by atoms with van der Waals surface area (Å²) in [6, 6.07) is 5.41. The van der Waals surface area contributed by atoms with Crippen LogP contribution in [0, 0.1) is 5.92 Å². The van der Waals surface area contributed by atoms with Crippen molar-refractivity contribution < 1.29 is 9.90 Å². The molecule has 0 bridgehead atoms. The second-order valence-electron chi connectivity index (χ2n) is 5.72. The normalized spacial score (nSPS) is 16.3. The van der Waals surface area contributed by atoms with Crippen molar-refractivity contribution in [2.45, 2.75) is 38.5 Å². The second kappa shape index (κ2) is 6.09. The SMILES string of the molecule is CN(C)C(=O)c1c(O)cccc1CC1CCCCC1. The van der Waals surface area contributed by atoms with Crippen LogP contribution in [0.3, 0.4) is 0 Å². The second-order valence-corrected chi connectivity index (χ2v) is 5.72. The van der Waals surface area contributed by atoms with Crippen molar-refractivity contribution in [1.82, 2.24) is 4.90 Å². The van der Waals surface area contributed by atoms with Crippen molar-refractivity contribution in [2.75, 3.05) is 14.1 Å². The van der Waals surface area contributed by atoms with Crippen molar-refractivity contribution in [3.63, 3.8) is 0 Å². The molecule has 0 aromatic heterocycles. The lowest BCUT2D eigenvalue weighted by atomic mass is 9.83. The molecule has 0 saturated heterocycles. The molecule has 1 aliphatic rings. The molecule has 1 aromatic carbocycles. The lowest BCUT2D eigenvalue weighted by Gasteiger charge is -2.23. The number of nitrogens with zero attached hydrogens (tertiary/aromatic N) is 1. The van der Waals surface area contributed by atoms with Crippen LogP contribution in [0.25, 0.3) is 0 Å². The highest BCUT2D eigenvalue weighted by Crippen LogP contribution is 2.30. The maximum atomic E-state index is 12.2. The van der Waals surface area contributed by atoms with E-state index in [1.54, 1.807) is 20.2 Å². The third-order valence-corrected chi connectivity index (χ3v) is 3.98. The molecule has 0 unspecified atom stereocenters. The van der Waals surface area contributed by atoms with Gasteiger partial charge in [0, 0.05) is 14.1 Å². The highest BCUT2D eigenvalue weighted by atomic mass is 16.3. The van der Waals surface area contributed by atoms with Gasteiger partial charge in [0.1, 0.15) is 5.75 Å². The van der Waals surface area contributed by atoms with Gasteiger partial charge in [-0.2, -0.15) is 0 Å². The van der Waals surface area contributed by atoms with Crippen LogP contribution in [-0.4, -0.2) is 30.0 Å². The van der Waals surface area contributed by atoms with E-state index in [4.69, 9.17) is 0 Å². The van der Waals surface area contributed by atoms with E-state index in [1.165, 1.54) is 37.0 Å². The van der Waals surface area contributed by atoms with Crippen LogP contribution < -0.4 is 0 Å². The Morgan fingerprint density at radius 3 is 2.58 bits per heavy atom. The van der Waals surface area contributed by atoms with Gasteiger partial charge in [-0.1, -0.05) is 44.2 Å². The molecule has 0 heterocycles. The van der Waals surface area contributed by atoms with Gasteiger partial charge in [0.2, 0.25) is 0 Å². The van der Waals surface area contributed by atoms with Crippen molar-refractivity contribution in [3.8, 4) is 5.75 Å². The predicted molar refractivity (Wildman–Crippen MR) is 76.4 cm³/mol. The molecule has 1 aromatic rings. The molecule has 2 rings (SSSR count). The van der Waals surface area contributed by atoms with Gasteiger partial charge in [0.15, 0.2) is 0 Å². The Kier molecular flexibility index (Phi) is 4.46. The van der Waals surface area contributed by atoms with Gasteiger partial charge >= 0.3 is 0 Å². The Balaban J connectivity index is 2.23. The summed E-state index contributed by atoms with van der Waals surface area (Å²) < 4.78 is 0. The molecule has 1 fully saturated rings. The first-order chi connectivity index (χ1) is 9.09. The molecule has 19 heavy (non-hydrogen) atoms. The Bertz CT molecular complexity index is 448. The number of benzene rings is 1. The summed E-state index contributed by atoms with van der Waals surface area (Å²) in [4.78, 5) is 13.7. The molecular weight excluding hydrogens is 238 g/mol. The summed E-state index contributed by atoms with van der Waals surface area (Å²) in [6.07, 6.45) is 7.31. The van der Waals surface area contributed by atoms with Crippen LogP contribution in [0.5, 0.6) is 5.75 Å². The van der Waals surface area contributed by atoms with Crippen molar-refractivity contribution in [2.24, 2.45) is 5.92 Å². The number of hydrogen-bond acceptors (Lipinski definition) is 2. The third kappa shape index (κ3) is 3.28. The van der Waals surface area contributed by atoms with Crippen LogP contribution in [0.15, 0.2) is 18.2 Å². The fourth-order valence-corrected chi connectivity index (χ4v) is 2.93. The minimum Gasteiger partial charge on any atom is -0.507 e. The molecule has 0 radical (unpaired) electrons. The number of amides is 1. The Morgan fingerprint density at radius 1 is 1.26 bits per heavy atom. The van der Waals surface area contributed by atoms with Gasteiger partial charge in [-0.25, -0.2) is 0 Å². The minimum absolute atomic E-state index is 0.104. The maximum Gasteiger partial charge on any atom is 0.257 e. The Hall–Kier alpha value is -1.51. The van der Waals surface area contributed by atoms with Crippen LogP contribution in [-0.2, 0) is 6.42 Å². The molecule has 1 aliphatic carbocycles. The number of carbonyl (C=O) groups excluding carboxylic acids is 1. The fraction of sp³-hybridized carbons (Fsp3) is 0.562. The predicted octanol–water partition coefficient (Wildman–Crippen LogP) is 3.22. The van der Waals surface area contributed by atoms with Crippen LogP contribution >= 0.6 is 0 Å².